The molecule has 0 bridgehead atoms. The molecule has 0 unspecified atom stereocenters. The second-order valence-corrected chi connectivity index (χ2v) is 3.73. The molecule has 2 rings (SSSR count). The fraction of sp³-hybridized carbons (Fsp3) is 0.667. The Labute approximate surface area is 102 Å². The molecule has 1 aliphatic heterocycles. The standard InChI is InChI=1S/C9H15N3O.2ClH/c13-9(2-5-10-6-3-9)7-8-1-4-11-12-8;;/h1,4,10,13H,2-3,5-7H2,(H,11,12);2*1H. The predicted octanol–water partition coefficient (Wildman–Crippen LogP) is 0.910. The molecule has 1 aromatic heterocycles. The lowest BCUT2D eigenvalue weighted by Crippen LogP contribution is -2.43. The van der Waals surface area contributed by atoms with Crippen LogP contribution in [0.15, 0.2) is 12.3 Å². The van der Waals surface area contributed by atoms with Crippen molar-refractivity contribution in [2.24, 2.45) is 0 Å². The number of halogens is 2. The first-order chi connectivity index (χ1) is 6.29. The number of nitrogens with one attached hydrogen (secondary N) is 2. The molecule has 0 saturated carbocycles. The number of aromatic amines is 1. The summed E-state index contributed by atoms with van der Waals surface area (Å²) in [5, 5.41) is 20.1. The van der Waals surface area contributed by atoms with Crippen molar-refractivity contribution in [1.82, 2.24) is 15.5 Å². The van der Waals surface area contributed by atoms with Crippen LogP contribution in [0.4, 0.5) is 0 Å². The maximum atomic E-state index is 10.2. The largest absolute Gasteiger partial charge is 0.389 e. The fourth-order valence-corrected chi connectivity index (χ4v) is 1.81. The van der Waals surface area contributed by atoms with Gasteiger partial charge in [-0.25, -0.2) is 0 Å². The molecule has 0 radical (unpaired) electrons. The average molecular weight is 254 g/mol. The summed E-state index contributed by atoms with van der Waals surface area (Å²) < 4.78 is 0. The molecular formula is C9H17Cl2N3O. The average Bonchev–Trinajstić information content (AvgIpc) is 2.57. The van der Waals surface area contributed by atoms with E-state index in [1.54, 1.807) is 6.20 Å². The van der Waals surface area contributed by atoms with E-state index in [9.17, 15) is 5.11 Å². The molecule has 0 spiro atoms. The van der Waals surface area contributed by atoms with Crippen LogP contribution in [0.25, 0.3) is 0 Å². The lowest BCUT2D eigenvalue weighted by molar-refractivity contribution is 0.0100. The first-order valence-corrected chi connectivity index (χ1v) is 4.70. The van der Waals surface area contributed by atoms with Crippen LogP contribution >= 0.6 is 24.8 Å². The molecule has 88 valence electrons. The van der Waals surface area contributed by atoms with Gasteiger partial charge in [0.2, 0.25) is 0 Å². The second kappa shape index (κ2) is 6.33. The van der Waals surface area contributed by atoms with E-state index in [2.05, 4.69) is 15.5 Å². The number of nitrogens with zero attached hydrogens (tertiary/aromatic N) is 1. The maximum Gasteiger partial charge on any atom is 0.0726 e. The number of aromatic nitrogens is 2. The van der Waals surface area contributed by atoms with Crippen molar-refractivity contribution < 1.29 is 5.11 Å². The number of hydrogen-bond acceptors (Lipinski definition) is 3. The van der Waals surface area contributed by atoms with Gasteiger partial charge in [-0.15, -0.1) is 24.8 Å². The summed E-state index contributed by atoms with van der Waals surface area (Å²) in [5.41, 5.74) is 0.488. The number of piperidine rings is 1. The van der Waals surface area contributed by atoms with E-state index in [4.69, 9.17) is 0 Å². The molecular weight excluding hydrogens is 237 g/mol. The van der Waals surface area contributed by atoms with E-state index in [1.165, 1.54) is 0 Å². The molecule has 1 aliphatic rings. The molecule has 1 fully saturated rings. The molecule has 0 atom stereocenters. The van der Waals surface area contributed by atoms with Crippen LogP contribution in [0.3, 0.4) is 0 Å². The lowest BCUT2D eigenvalue weighted by Gasteiger charge is -2.32. The number of H-pyrrole nitrogens is 1. The Morgan fingerprint density at radius 1 is 1.33 bits per heavy atom. The normalized spacial score (nSPS) is 18.7. The van der Waals surface area contributed by atoms with Crippen molar-refractivity contribution in [3.05, 3.63) is 18.0 Å². The zero-order valence-corrected chi connectivity index (χ0v) is 10.0. The van der Waals surface area contributed by atoms with E-state index in [-0.39, 0.29) is 24.8 Å². The molecule has 0 amide bonds. The number of hydrogen-bond donors (Lipinski definition) is 3. The first-order valence-electron chi connectivity index (χ1n) is 4.70. The minimum absolute atomic E-state index is 0. The number of rotatable bonds is 2. The Kier molecular flexibility index (Phi) is 6.20. The minimum atomic E-state index is -0.530. The number of aliphatic hydroxyl groups is 1. The molecule has 15 heavy (non-hydrogen) atoms. The van der Waals surface area contributed by atoms with Gasteiger partial charge in [0.1, 0.15) is 0 Å². The lowest BCUT2D eigenvalue weighted by atomic mass is 9.88. The van der Waals surface area contributed by atoms with Crippen LogP contribution in [0.1, 0.15) is 18.5 Å². The van der Waals surface area contributed by atoms with Crippen molar-refractivity contribution >= 4 is 24.8 Å². The highest BCUT2D eigenvalue weighted by molar-refractivity contribution is 5.85. The van der Waals surface area contributed by atoms with Crippen molar-refractivity contribution in [2.45, 2.75) is 24.9 Å². The quantitative estimate of drug-likeness (QED) is 0.735. The zero-order valence-electron chi connectivity index (χ0n) is 8.40. The van der Waals surface area contributed by atoms with Gasteiger partial charge in [0, 0.05) is 18.3 Å². The second-order valence-electron chi connectivity index (χ2n) is 3.73. The predicted molar refractivity (Wildman–Crippen MR) is 63.8 cm³/mol. The highest BCUT2D eigenvalue weighted by Crippen LogP contribution is 2.21. The Balaban J connectivity index is 0.000000980. The summed E-state index contributed by atoms with van der Waals surface area (Å²) in [6.07, 6.45) is 4.06. The fourth-order valence-electron chi connectivity index (χ4n) is 1.81. The molecule has 4 nitrogen and oxygen atoms in total. The maximum absolute atomic E-state index is 10.2. The van der Waals surface area contributed by atoms with E-state index >= 15 is 0 Å². The van der Waals surface area contributed by atoms with E-state index in [0.717, 1.165) is 31.6 Å². The summed E-state index contributed by atoms with van der Waals surface area (Å²) in [7, 11) is 0. The smallest absolute Gasteiger partial charge is 0.0726 e. The van der Waals surface area contributed by atoms with Crippen LogP contribution in [-0.2, 0) is 6.42 Å². The van der Waals surface area contributed by atoms with Crippen molar-refractivity contribution in [3.8, 4) is 0 Å². The summed E-state index contributed by atoms with van der Waals surface area (Å²) >= 11 is 0. The van der Waals surface area contributed by atoms with Gasteiger partial charge in [-0.3, -0.25) is 5.10 Å². The molecule has 1 saturated heterocycles. The third-order valence-corrected chi connectivity index (χ3v) is 2.61. The van der Waals surface area contributed by atoms with Crippen molar-refractivity contribution in [2.75, 3.05) is 13.1 Å². The third kappa shape index (κ3) is 3.99. The highest BCUT2D eigenvalue weighted by Gasteiger charge is 2.29. The Hall–Kier alpha value is -0.290. The molecule has 3 N–H and O–H groups in total. The van der Waals surface area contributed by atoms with Crippen LogP contribution in [0.2, 0.25) is 0 Å². The van der Waals surface area contributed by atoms with Crippen molar-refractivity contribution in [1.29, 1.82) is 0 Å². The van der Waals surface area contributed by atoms with Gasteiger partial charge in [-0.2, -0.15) is 5.10 Å². The SMILES string of the molecule is Cl.Cl.OC1(Cc2ccn[nH]2)CCNCC1. The molecule has 2 heterocycles. The molecule has 6 heteroatoms. The first kappa shape index (κ1) is 14.7. The van der Waals surface area contributed by atoms with Crippen molar-refractivity contribution in [3.63, 3.8) is 0 Å². The van der Waals surface area contributed by atoms with Gasteiger partial charge in [-0.05, 0) is 32.0 Å². The highest BCUT2D eigenvalue weighted by atomic mass is 35.5. The molecule has 1 aromatic rings. The molecule has 0 aromatic carbocycles. The van der Waals surface area contributed by atoms with Crippen LogP contribution < -0.4 is 5.32 Å². The van der Waals surface area contributed by atoms with Gasteiger partial charge in [-0.1, -0.05) is 0 Å². The summed E-state index contributed by atoms with van der Waals surface area (Å²) in [4.78, 5) is 0. The summed E-state index contributed by atoms with van der Waals surface area (Å²) in [6.45, 7) is 1.81. The van der Waals surface area contributed by atoms with E-state index in [0.29, 0.717) is 6.42 Å². The van der Waals surface area contributed by atoms with Gasteiger partial charge in [0.15, 0.2) is 0 Å². The van der Waals surface area contributed by atoms with E-state index < -0.39 is 5.60 Å². The summed E-state index contributed by atoms with van der Waals surface area (Å²) in [5.74, 6) is 0. The van der Waals surface area contributed by atoms with Gasteiger partial charge < -0.3 is 10.4 Å². The molecule has 0 aliphatic carbocycles. The van der Waals surface area contributed by atoms with E-state index in [1.807, 2.05) is 6.07 Å². The minimum Gasteiger partial charge on any atom is -0.389 e. The third-order valence-electron chi connectivity index (χ3n) is 2.61. The Morgan fingerprint density at radius 3 is 2.53 bits per heavy atom. The van der Waals surface area contributed by atoms with Gasteiger partial charge >= 0.3 is 0 Å². The summed E-state index contributed by atoms with van der Waals surface area (Å²) in [6, 6.07) is 1.92. The van der Waals surface area contributed by atoms with Crippen LogP contribution in [0, 0.1) is 0 Å². The van der Waals surface area contributed by atoms with Gasteiger partial charge in [0.05, 0.1) is 5.60 Å². The van der Waals surface area contributed by atoms with Crippen LogP contribution in [0.5, 0.6) is 0 Å². The van der Waals surface area contributed by atoms with Crippen LogP contribution in [-0.4, -0.2) is 34.0 Å². The Morgan fingerprint density at radius 2 is 2.00 bits per heavy atom. The topological polar surface area (TPSA) is 60.9 Å². The monoisotopic (exact) mass is 253 g/mol. The van der Waals surface area contributed by atoms with Gasteiger partial charge in [0.25, 0.3) is 0 Å². The zero-order chi connectivity index (χ0) is 9.15. The Bertz CT molecular complexity index is 260.